The molecule has 1 fully saturated rings. The molecule has 0 aliphatic carbocycles. The van der Waals surface area contributed by atoms with Gasteiger partial charge in [-0.15, -0.1) is 0 Å². The summed E-state index contributed by atoms with van der Waals surface area (Å²) in [5.74, 6) is -2.31. The van der Waals surface area contributed by atoms with Gasteiger partial charge in [0.05, 0.1) is 17.7 Å². The molecular weight excluding hydrogens is 424 g/mol. The summed E-state index contributed by atoms with van der Waals surface area (Å²) in [7, 11) is 0. The van der Waals surface area contributed by atoms with Crippen LogP contribution in [0.15, 0.2) is 23.2 Å². The Morgan fingerprint density at radius 1 is 1.33 bits per heavy atom. The Morgan fingerprint density at radius 2 is 2.03 bits per heavy atom. The minimum atomic E-state index is -4.72. The maximum atomic E-state index is 14.1. The van der Waals surface area contributed by atoms with Gasteiger partial charge in [0, 0.05) is 17.9 Å². The highest BCUT2D eigenvalue weighted by molar-refractivity contribution is 7.09. The van der Waals surface area contributed by atoms with Gasteiger partial charge in [0.25, 0.3) is 5.91 Å². The second-order valence-electron chi connectivity index (χ2n) is 8.03. The first-order valence-corrected chi connectivity index (χ1v) is 10.00. The SMILES string of the molecule is CC(C)(C)c1nn(C[C@@H]2CCC(=O)N2)c(=NC(=O)c2cc(C(F)(F)F)ccc2F)s1. The summed E-state index contributed by atoms with van der Waals surface area (Å²) in [6, 6.07) is 1.42. The number of hydrogen-bond donors (Lipinski definition) is 1. The molecule has 1 aromatic carbocycles. The monoisotopic (exact) mass is 444 g/mol. The molecule has 162 valence electrons. The molecule has 11 heteroatoms. The molecule has 2 heterocycles. The molecule has 1 N–H and O–H groups in total. The van der Waals surface area contributed by atoms with E-state index in [1.807, 2.05) is 20.8 Å². The molecule has 1 saturated heterocycles. The highest BCUT2D eigenvalue weighted by atomic mass is 32.1. The van der Waals surface area contributed by atoms with Gasteiger partial charge in [-0.1, -0.05) is 32.1 Å². The van der Waals surface area contributed by atoms with Crippen molar-refractivity contribution in [2.24, 2.45) is 4.99 Å². The maximum absolute atomic E-state index is 14.1. The van der Waals surface area contributed by atoms with Gasteiger partial charge in [0.2, 0.25) is 10.7 Å². The number of amides is 2. The molecule has 0 radical (unpaired) electrons. The molecule has 2 amide bonds. The fourth-order valence-electron chi connectivity index (χ4n) is 2.85. The van der Waals surface area contributed by atoms with Crippen LogP contribution in [0.2, 0.25) is 0 Å². The third-order valence-corrected chi connectivity index (χ3v) is 5.83. The lowest BCUT2D eigenvalue weighted by Crippen LogP contribution is -2.33. The number of rotatable bonds is 3. The normalized spacial score (nSPS) is 18.0. The average Bonchev–Trinajstić information content (AvgIpc) is 3.20. The molecule has 0 spiro atoms. The molecule has 1 aliphatic rings. The third kappa shape index (κ3) is 4.94. The van der Waals surface area contributed by atoms with E-state index in [2.05, 4.69) is 15.4 Å². The molecule has 2 aromatic rings. The Kier molecular flexibility index (Phi) is 5.85. The number of nitrogens with zero attached hydrogens (tertiary/aromatic N) is 3. The molecular formula is C19H20F4N4O2S. The van der Waals surface area contributed by atoms with E-state index in [4.69, 9.17) is 0 Å². The predicted molar refractivity (Wildman–Crippen MR) is 101 cm³/mol. The van der Waals surface area contributed by atoms with Gasteiger partial charge < -0.3 is 5.32 Å². The minimum absolute atomic E-state index is 0.0903. The standard InChI is InChI=1S/C19H20F4N4O2S/c1-18(2,3)16-26-27(9-11-5-7-14(28)24-11)17(30-16)25-15(29)12-8-10(19(21,22)23)4-6-13(12)20/h4,6,8,11H,5,7,9H2,1-3H3,(H,24,28)/t11-/m0/s1. The molecule has 3 rings (SSSR count). The van der Waals surface area contributed by atoms with Crippen molar-refractivity contribution in [2.45, 2.75) is 57.8 Å². The molecule has 6 nitrogen and oxygen atoms in total. The first-order valence-electron chi connectivity index (χ1n) is 9.18. The lowest BCUT2D eigenvalue weighted by molar-refractivity contribution is -0.137. The van der Waals surface area contributed by atoms with Crippen LogP contribution in [0.1, 0.15) is 54.5 Å². The molecule has 30 heavy (non-hydrogen) atoms. The fourth-order valence-corrected chi connectivity index (χ4v) is 3.82. The number of carbonyl (C=O) groups excluding carboxylic acids is 2. The zero-order chi connectivity index (χ0) is 22.3. The third-order valence-electron chi connectivity index (χ3n) is 4.46. The van der Waals surface area contributed by atoms with Crippen LogP contribution >= 0.6 is 11.3 Å². The van der Waals surface area contributed by atoms with Gasteiger partial charge in [0.1, 0.15) is 10.8 Å². The second kappa shape index (κ2) is 7.93. The van der Waals surface area contributed by atoms with Crippen molar-refractivity contribution < 1.29 is 27.2 Å². The Bertz CT molecular complexity index is 1050. The van der Waals surface area contributed by atoms with E-state index < -0.39 is 29.0 Å². The molecule has 1 aliphatic heterocycles. The summed E-state index contributed by atoms with van der Waals surface area (Å²) in [6.45, 7) is 5.97. The smallest absolute Gasteiger partial charge is 0.351 e. The molecule has 1 atom stereocenters. The van der Waals surface area contributed by atoms with Crippen molar-refractivity contribution in [1.82, 2.24) is 15.1 Å². The van der Waals surface area contributed by atoms with Crippen LogP contribution in [0.25, 0.3) is 0 Å². The minimum Gasteiger partial charge on any atom is -0.351 e. The Hall–Kier alpha value is -2.56. The van der Waals surface area contributed by atoms with E-state index >= 15 is 0 Å². The Labute approximate surface area is 173 Å². The van der Waals surface area contributed by atoms with Crippen LogP contribution in [-0.4, -0.2) is 27.6 Å². The average molecular weight is 444 g/mol. The van der Waals surface area contributed by atoms with Crippen LogP contribution in [0, 0.1) is 5.82 Å². The first-order chi connectivity index (χ1) is 13.8. The van der Waals surface area contributed by atoms with Gasteiger partial charge in [-0.05, 0) is 24.6 Å². The zero-order valence-electron chi connectivity index (χ0n) is 16.5. The van der Waals surface area contributed by atoms with E-state index in [0.717, 1.165) is 11.3 Å². The number of halogens is 4. The van der Waals surface area contributed by atoms with Crippen LogP contribution in [0.3, 0.4) is 0 Å². The van der Waals surface area contributed by atoms with Gasteiger partial charge in [0.15, 0.2) is 0 Å². The fraction of sp³-hybridized carbons (Fsp3) is 0.474. The highest BCUT2D eigenvalue weighted by Gasteiger charge is 2.32. The van der Waals surface area contributed by atoms with Crippen LogP contribution in [0.4, 0.5) is 17.6 Å². The molecule has 0 unspecified atom stereocenters. The number of hydrogen-bond acceptors (Lipinski definition) is 4. The summed E-state index contributed by atoms with van der Waals surface area (Å²) in [5.41, 5.74) is -2.27. The zero-order valence-corrected chi connectivity index (χ0v) is 17.3. The Balaban J connectivity index is 2.02. The lowest BCUT2D eigenvalue weighted by Gasteiger charge is -2.13. The number of carbonyl (C=O) groups is 2. The van der Waals surface area contributed by atoms with Gasteiger partial charge in [-0.25, -0.2) is 9.07 Å². The van der Waals surface area contributed by atoms with Crippen molar-refractivity contribution in [1.29, 1.82) is 0 Å². The summed E-state index contributed by atoms with van der Waals surface area (Å²) in [4.78, 5) is 28.0. The molecule has 1 aromatic heterocycles. The van der Waals surface area contributed by atoms with Gasteiger partial charge in [-0.2, -0.15) is 23.3 Å². The largest absolute Gasteiger partial charge is 0.416 e. The predicted octanol–water partition coefficient (Wildman–Crippen LogP) is 3.42. The summed E-state index contributed by atoms with van der Waals surface area (Å²) in [5, 5.41) is 7.89. The van der Waals surface area contributed by atoms with Gasteiger partial charge >= 0.3 is 6.18 Å². The van der Waals surface area contributed by atoms with Crippen LogP contribution < -0.4 is 10.1 Å². The molecule has 0 saturated carbocycles. The summed E-state index contributed by atoms with van der Waals surface area (Å²) in [6.07, 6.45) is -3.75. The maximum Gasteiger partial charge on any atom is 0.416 e. The van der Waals surface area contributed by atoms with E-state index in [9.17, 15) is 27.2 Å². The molecule has 0 bridgehead atoms. The Morgan fingerprint density at radius 3 is 2.60 bits per heavy atom. The topological polar surface area (TPSA) is 76.3 Å². The van der Waals surface area contributed by atoms with Crippen molar-refractivity contribution in [2.75, 3.05) is 0 Å². The highest BCUT2D eigenvalue weighted by Crippen LogP contribution is 2.30. The van der Waals surface area contributed by atoms with Crippen molar-refractivity contribution in [3.63, 3.8) is 0 Å². The van der Waals surface area contributed by atoms with E-state index in [1.165, 1.54) is 4.68 Å². The number of benzene rings is 1. The van der Waals surface area contributed by atoms with E-state index in [1.54, 1.807) is 0 Å². The van der Waals surface area contributed by atoms with E-state index in [0.29, 0.717) is 36.0 Å². The summed E-state index contributed by atoms with van der Waals surface area (Å²) >= 11 is 1.10. The van der Waals surface area contributed by atoms with Crippen molar-refractivity contribution >= 4 is 23.2 Å². The number of alkyl halides is 3. The second-order valence-corrected chi connectivity index (χ2v) is 8.99. The summed E-state index contributed by atoms with van der Waals surface area (Å²) < 4.78 is 54.3. The van der Waals surface area contributed by atoms with Crippen LogP contribution in [-0.2, 0) is 22.9 Å². The quantitative estimate of drug-likeness (QED) is 0.737. The van der Waals surface area contributed by atoms with Crippen molar-refractivity contribution in [3.8, 4) is 0 Å². The van der Waals surface area contributed by atoms with Gasteiger partial charge in [-0.3, -0.25) is 9.59 Å². The van der Waals surface area contributed by atoms with Crippen molar-refractivity contribution in [3.05, 3.63) is 45.0 Å². The number of nitrogens with one attached hydrogen (secondary N) is 1. The van der Waals surface area contributed by atoms with Crippen LogP contribution in [0.5, 0.6) is 0 Å². The number of aromatic nitrogens is 2. The lowest BCUT2D eigenvalue weighted by atomic mass is 9.98. The first kappa shape index (κ1) is 22.1. The van der Waals surface area contributed by atoms with E-state index in [-0.39, 0.29) is 28.7 Å².